The van der Waals surface area contributed by atoms with Gasteiger partial charge in [-0.3, -0.25) is 0 Å². The Morgan fingerprint density at radius 1 is 1.35 bits per heavy atom. The van der Waals surface area contributed by atoms with E-state index in [0.29, 0.717) is 18.1 Å². The van der Waals surface area contributed by atoms with Crippen molar-refractivity contribution < 1.29 is 9.13 Å². The lowest BCUT2D eigenvalue weighted by atomic mass is 9.78. The minimum atomic E-state index is -0.234. The maximum atomic E-state index is 14.0. The molecule has 1 aliphatic rings. The van der Waals surface area contributed by atoms with Crippen LogP contribution in [-0.4, -0.2) is 13.7 Å². The van der Waals surface area contributed by atoms with E-state index in [1.807, 2.05) is 6.07 Å². The van der Waals surface area contributed by atoms with Crippen LogP contribution in [0.15, 0.2) is 30.4 Å². The van der Waals surface area contributed by atoms with E-state index >= 15 is 0 Å². The van der Waals surface area contributed by atoms with Gasteiger partial charge in [0, 0.05) is 7.11 Å². The molecule has 0 heterocycles. The van der Waals surface area contributed by atoms with Crippen molar-refractivity contribution in [2.24, 2.45) is 5.92 Å². The topological polar surface area (TPSA) is 33.0 Å². The maximum Gasteiger partial charge on any atom is 0.127 e. The molecule has 106 valence electrons. The van der Waals surface area contributed by atoms with Crippen molar-refractivity contribution in [3.63, 3.8) is 0 Å². The van der Waals surface area contributed by atoms with E-state index in [4.69, 9.17) is 10.00 Å². The Morgan fingerprint density at radius 3 is 2.70 bits per heavy atom. The molecular formula is C17H20FNO. The van der Waals surface area contributed by atoms with Crippen LogP contribution in [0.3, 0.4) is 0 Å². The number of ether oxygens (including phenoxy) is 1. The summed E-state index contributed by atoms with van der Waals surface area (Å²) in [6.45, 7) is 0.657. The van der Waals surface area contributed by atoms with Crippen molar-refractivity contribution in [1.29, 1.82) is 5.26 Å². The highest BCUT2D eigenvalue weighted by Gasteiger charge is 2.23. The number of benzene rings is 1. The Balaban J connectivity index is 1.95. The van der Waals surface area contributed by atoms with Crippen LogP contribution in [0.1, 0.15) is 42.7 Å². The molecule has 0 radical (unpaired) electrons. The van der Waals surface area contributed by atoms with Crippen molar-refractivity contribution in [1.82, 2.24) is 0 Å². The molecule has 3 heteroatoms. The fourth-order valence-electron chi connectivity index (χ4n) is 2.89. The normalized spacial score (nSPS) is 22.9. The molecule has 1 aliphatic carbocycles. The van der Waals surface area contributed by atoms with Gasteiger partial charge in [-0.1, -0.05) is 18.2 Å². The zero-order chi connectivity index (χ0) is 14.4. The van der Waals surface area contributed by atoms with Crippen LogP contribution in [0, 0.1) is 23.1 Å². The van der Waals surface area contributed by atoms with Crippen LogP contribution in [0.4, 0.5) is 4.39 Å². The smallest absolute Gasteiger partial charge is 0.127 e. The number of rotatable bonds is 4. The first-order chi connectivity index (χ1) is 9.74. The Morgan fingerprint density at radius 2 is 2.10 bits per heavy atom. The van der Waals surface area contributed by atoms with Gasteiger partial charge in [-0.15, -0.1) is 0 Å². The first kappa shape index (κ1) is 14.7. The van der Waals surface area contributed by atoms with E-state index in [9.17, 15) is 4.39 Å². The number of nitrogens with zero attached hydrogens (tertiary/aromatic N) is 1. The molecule has 0 bridgehead atoms. The molecule has 2 nitrogen and oxygen atoms in total. The fourth-order valence-corrected chi connectivity index (χ4v) is 2.89. The number of allylic oxidation sites excluding steroid dienone is 1. The minimum absolute atomic E-state index is 0.234. The Bertz CT molecular complexity index is 510. The summed E-state index contributed by atoms with van der Waals surface area (Å²) < 4.78 is 19.0. The van der Waals surface area contributed by atoms with Crippen molar-refractivity contribution in [2.75, 3.05) is 13.7 Å². The molecule has 1 saturated carbocycles. The largest absolute Gasteiger partial charge is 0.381 e. The average molecular weight is 273 g/mol. The van der Waals surface area contributed by atoms with E-state index in [-0.39, 0.29) is 11.7 Å². The molecule has 20 heavy (non-hydrogen) atoms. The molecule has 1 fully saturated rings. The number of nitriles is 1. The molecule has 0 atom stereocenters. The lowest BCUT2D eigenvalue weighted by Crippen LogP contribution is -2.13. The van der Waals surface area contributed by atoms with Gasteiger partial charge in [0.25, 0.3) is 0 Å². The molecule has 0 saturated heterocycles. The molecular weight excluding hydrogens is 253 g/mol. The monoisotopic (exact) mass is 273 g/mol. The van der Waals surface area contributed by atoms with Crippen LogP contribution in [0.5, 0.6) is 0 Å². The third kappa shape index (κ3) is 3.68. The Labute approximate surface area is 119 Å². The van der Waals surface area contributed by atoms with E-state index in [0.717, 1.165) is 31.2 Å². The van der Waals surface area contributed by atoms with Gasteiger partial charge in [0.1, 0.15) is 5.82 Å². The zero-order valence-electron chi connectivity index (χ0n) is 11.8. The van der Waals surface area contributed by atoms with Crippen molar-refractivity contribution in [3.05, 3.63) is 47.3 Å². The third-order valence-electron chi connectivity index (χ3n) is 4.01. The van der Waals surface area contributed by atoms with Gasteiger partial charge in [0.2, 0.25) is 0 Å². The Kier molecular flexibility index (Phi) is 5.31. The molecule has 0 unspecified atom stereocenters. The summed E-state index contributed by atoms with van der Waals surface area (Å²) in [6, 6.07) is 6.81. The molecule has 0 amide bonds. The molecule has 2 rings (SSSR count). The lowest BCUT2D eigenvalue weighted by Gasteiger charge is -2.27. The van der Waals surface area contributed by atoms with Crippen molar-refractivity contribution in [2.45, 2.75) is 31.6 Å². The second kappa shape index (κ2) is 7.21. The summed E-state index contributed by atoms with van der Waals surface area (Å²) in [4.78, 5) is 0. The quantitative estimate of drug-likeness (QED) is 0.771. The van der Waals surface area contributed by atoms with Gasteiger partial charge in [-0.05, 0) is 55.2 Å². The minimum Gasteiger partial charge on any atom is -0.381 e. The number of hydrogen-bond donors (Lipinski definition) is 0. The fraction of sp³-hybridized carbons (Fsp3) is 0.471. The van der Waals surface area contributed by atoms with Crippen LogP contribution in [0.25, 0.3) is 0 Å². The SMILES string of the molecule is COCC=C[C@H]1CC[C@H](c2ccc(C#N)cc2F)CC1. The number of hydrogen-bond acceptors (Lipinski definition) is 2. The first-order valence-corrected chi connectivity index (χ1v) is 7.09. The van der Waals surface area contributed by atoms with Gasteiger partial charge in [0.05, 0.1) is 18.2 Å². The molecule has 1 aromatic rings. The van der Waals surface area contributed by atoms with Gasteiger partial charge in [0.15, 0.2) is 0 Å². The predicted molar refractivity (Wildman–Crippen MR) is 76.8 cm³/mol. The van der Waals surface area contributed by atoms with E-state index in [1.54, 1.807) is 19.2 Å². The van der Waals surface area contributed by atoms with Crippen molar-refractivity contribution >= 4 is 0 Å². The summed E-state index contributed by atoms with van der Waals surface area (Å²) in [7, 11) is 1.69. The number of halogens is 1. The lowest BCUT2D eigenvalue weighted by molar-refractivity contribution is 0.233. The second-order valence-corrected chi connectivity index (χ2v) is 5.34. The standard InChI is InChI=1S/C17H20FNO/c1-20-10-2-3-13-4-7-15(8-5-13)16-9-6-14(12-19)11-17(16)18/h2-3,6,9,11,13,15H,4-5,7-8,10H2,1H3/t13-,15-. The summed E-state index contributed by atoms with van der Waals surface area (Å²) in [6.07, 6.45) is 8.46. The molecule has 0 N–H and O–H groups in total. The summed E-state index contributed by atoms with van der Waals surface area (Å²) in [5, 5.41) is 8.77. The zero-order valence-corrected chi connectivity index (χ0v) is 11.8. The van der Waals surface area contributed by atoms with Gasteiger partial charge in [-0.2, -0.15) is 5.26 Å². The molecule has 0 spiro atoms. The van der Waals surface area contributed by atoms with E-state index in [1.165, 1.54) is 6.07 Å². The summed E-state index contributed by atoms with van der Waals surface area (Å²) >= 11 is 0. The summed E-state index contributed by atoms with van der Waals surface area (Å²) in [5.74, 6) is 0.639. The third-order valence-corrected chi connectivity index (χ3v) is 4.01. The van der Waals surface area contributed by atoms with Gasteiger partial charge in [-0.25, -0.2) is 4.39 Å². The highest BCUT2D eigenvalue weighted by atomic mass is 19.1. The average Bonchev–Trinajstić information content (AvgIpc) is 2.48. The van der Waals surface area contributed by atoms with Crippen LogP contribution in [-0.2, 0) is 4.74 Å². The second-order valence-electron chi connectivity index (χ2n) is 5.34. The van der Waals surface area contributed by atoms with E-state index in [2.05, 4.69) is 12.2 Å². The molecule has 1 aromatic carbocycles. The van der Waals surface area contributed by atoms with Crippen LogP contribution in [0.2, 0.25) is 0 Å². The maximum absolute atomic E-state index is 14.0. The van der Waals surface area contributed by atoms with Gasteiger partial charge < -0.3 is 4.74 Å². The highest BCUT2D eigenvalue weighted by molar-refractivity contribution is 5.34. The van der Waals surface area contributed by atoms with Crippen LogP contribution < -0.4 is 0 Å². The number of methoxy groups -OCH3 is 1. The molecule has 0 aliphatic heterocycles. The predicted octanol–water partition coefficient (Wildman–Crippen LogP) is 4.17. The van der Waals surface area contributed by atoms with Crippen molar-refractivity contribution in [3.8, 4) is 6.07 Å². The Hall–Kier alpha value is -1.66. The van der Waals surface area contributed by atoms with Gasteiger partial charge >= 0.3 is 0 Å². The summed E-state index contributed by atoms with van der Waals surface area (Å²) in [5.41, 5.74) is 1.16. The van der Waals surface area contributed by atoms with Crippen LogP contribution >= 0.6 is 0 Å². The van der Waals surface area contributed by atoms with E-state index < -0.39 is 0 Å². The first-order valence-electron chi connectivity index (χ1n) is 7.09. The highest BCUT2D eigenvalue weighted by Crippen LogP contribution is 2.37. The molecule has 0 aromatic heterocycles.